The van der Waals surface area contributed by atoms with Crippen LogP contribution in [0, 0.1) is 4.91 Å². The van der Waals surface area contributed by atoms with E-state index in [1.54, 1.807) is 17.9 Å². The predicted molar refractivity (Wildman–Crippen MR) is 149 cm³/mol. The summed E-state index contributed by atoms with van der Waals surface area (Å²) in [6.45, 7) is 5.33. The van der Waals surface area contributed by atoms with Crippen molar-refractivity contribution in [2.24, 2.45) is 21.4 Å². The van der Waals surface area contributed by atoms with Crippen LogP contribution in [0.3, 0.4) is 0 Å². The lowest BCUT2D eigenvalue weighted by Gasteiger charge is -2.23. The molecule has 0 spiro atoms. The van der Waals surface area contributed by atoms with E-state index in [0.717, 1.165) is 34.4 Å². The minimum atomic E-state index is -0.512. The second-order valence-electron chi connectivity index (χ2n) is 8.77. The van der Waals surface area contributed by atoms with E-state index in [4.69, 9.17) is 10.6 Å². The Kier molecular flexibility index (Phi) is 10.7. The first-order valence-electron chi connectivity index (χ1n) is 12.7. The van der Waals surface area contributed by atoms with Gasteiger partial charge in [0.2, 0.25) is 5.91 Å². The van der Waals surface area contributed by atoms with E-state index < -0.39 is 6.17 Å². The third-order valence-corrected chi connectivity index (χ3v) is 6.00. The number of anilines is 1. The number of nitrogens with zero attached hydrogens (tertiary/aromatic N) is 4. The Bertz CT molecular complexity index is 1210. The molecule has 0 aliphatic carbocycles. The summed E-state index contributed by atoms with van der Waals surface area (Å²) in [7, 11) is 0. The molecule has 0 saturated carbocycles. The Morgan fingerprint density at radius 1 is 1.13 bits per heavy atom. The number of carbonyl (C=O) groups excluding carboxylic acids is 2. The van der Waals surface area contributed by atoms with Crippen LogP contribution in [0.5, 0.6) is 0 Å². The number of rotatable bonds is 12. The SMILES string of the molecule is CCCN(CCCN=O)C(=O)C1=Cc2ccc(-c3ccc(/C=C/C(=O)OCC)cc3)cc2NC(N=NN)C1. The molecular weight excluding hydrogens is 484 g/mol. The maximum Gasteiger partial charge on any atom is 0.330 e. The van der Waals surface area contributed by atoms with Crippen LogP contribution in [0.1, 0.15) is 44.2 Å². The maximum atomic E-state index is 13.4. The maximum absolute atomic E-state index is 13.4. The highest BCUT2D eigenvalue weighted by atomic mass is 16.5. The fourth-order valence-electron chi connectivity index (χ4n) is 4.23. The number of nitrogens with one attached hydrogen (secondary N) is 1. The summed E-state index contributed by atoms with van der Waals surface area (Å²) in [5.74, 6) is 4.89. The van der Waals surface area contributed by atoms with Crippen LogP contribution in [0.15, 0.2) is 69.6 Å². The number of fused-ring (bicyclic) bond motifs is 1. The number of amides is 1. The summed E-state index contributed by atoms with van der Waals surface area (Å²) in [6, 6.07) is 13.8. The van der Waals surface area contributed by atoms with Gasteiger partial charge in [0, 0.05) is 36.8 Å². The Balaban J connectivity index is 1.87. The third-order valence-electron chi connectivity index (χ3n) is 6.00. The number of nitrogens with two attached hydrogens (primary N) is 1. The van der Waals surface area contributed by atoms with E-state index in [9.17, 15) is 14.5 Å². The van der Waals surface area contributed by atoms with Crippen LogP contribution in [0.4, 0.5) is 5.69 Å². The fourth-order valence-corrected chi connectivity index (χ4v) is 4.23. The number of esters is 1. The quantitative estimate of drug-likeness (QED) is 0.0755. The van der Waals surface area contributed by atoms with Crippen LogP contribution < -0.4 is 11.2 Å². The molecule has 1 unspecified atom stereocenters. The monoisotopic (exact) mass is 518 g/mol. The van der Waals surface area contributed by atoms with Crippen LogP contribution in [-0.4, -0.2) is 49.2 Å². The Labute approximate surface area is 222 Å². The molecule has 0 saturated heterocycles. The van der Waals surface area contributed by atoms with Gasteiger partial charge in [0.25, 0.3) is 0 Å². The minimum absolute atomic E-state index is 0.0971. The molecule has 3 rings (SSSR count). The number of hydrogen-bond acceptors (Lipinski definition) is 8. The van der Waals surface area contributed by atoms with Gasteiger partial charge in [0.05, 0.1) is 13.2 Å². The highest BCUT2D eigenvalue weighted by Crippen LogP contribution is 2.32. The highest BCUT2D eigenvalue weighted by molar-refractivity contribution is 5.99. The molecule has 10 nitrogen and oxygen atoms in total. The van der Waals surface area contributed by atoms with Gasteiger partial charge in [-0.2, -0.15) is 4.91 Å². The molecule has 0 fully saturated rings. The van der Waals surface area contributed by atoms with Gasteiger partial charge in [-0.15, -0.1) is 5.11 Å². The molecule has 2 aromatic rings. The first-order valence-corrected chi connectivity index (χ1v) is 12.7. The van der Waals surface area contributed by atoms with Crippen molar-refractivity contribution in [1.82, 2.24) is 4.90 Å². The molecule has 1 heterocycles. The number of carbonyl (C=O) groups is 2. The summed E-state index contributed by atoms with van der Waals surface area (Å²) in [5.41, 5.74) is 5.09. The van der Waals surface area contributed by atoms with Crippen molar-refractivity contribution >= 4 is 29.7 Å². The molecule has 38 heavy (non-hydrogen) atoms. The van der Waals surface area contributed by atoms with Gasteiger partial charge in [0.15, 0.2) is 0 Å². The number of ether oxygens (including phenoxy) is 1. The van der Waals surface area contributed by atoms with Crippen molar-refractivity contribution in [1.29, 1.82) is 0 Å². The zero-order valence-corrected chi connectivity index (χ0v) is 21.8. The van der Waals surface area contributed by atoms with Crippen molar-refractivity contribution < 1.29 is 14.3 Å². The first kappa shape index (κ1) is 28.2. The molecule has 2 aromatic carbocycles. The molecule has 0 bridgehead atoms. The van der Waals surface area contributed by atoms with E-state index in [-0.39, 0.29) is 18.4 Å². The molecule has 0 aromatic heterocycles. The molecule has 3 N–H and O–H groups in total. The number of nitroso groups, excluding NO2 is 1. The van der Waals surface area contributed by atoms with Crippen molar-refractivity contribution in [3.05, 3.63) is 70.1 Å². The van der Waals surface area contributed by atoms with Crippen LogP contribution >= 0.6 is 0 Å². The van der Waals surface area contributed by atoms with E-state index in [1.807, 2.05) is 55.5 Å². The Morgan fingerprint density at radius 3 is 2.58 bits per heavy atom. The first-order chi connectivity index (χ1) is 18.5. The van der Waals surface area contributed by atoms with E-state index in [2.05, 4.69) is 20.8 Å². The van der Waals surface area contributed by atoms with Crippen molar-refractivity contribution in [3.8, 4) is 11.1 Å². The third kappa shape index (κ3) is 7.83. The zero-order chi connectivity index (χ0) is 27.3. The molecule has 1 atom stereocenters. The number of hydrogen-bond donors (Lipinski definition) is 2. The molecule has 200 valence electrons. The van der Waals surface area contributed by atoms with Gasteiger partial charge in [-0.05, 0) is 60.2 Å². The lowest BCUT2D eigenvalue weighted by Crippen LogP contribution is -2.35. The largest absolute Gasteiger partial charge is 0.463 e. The summed E-state index contributed by atoms with van der Waals surface area (Å²) in [5, 5.41) is 13.8. The fraction of sp³-hybridized carbons (Fsp3) is 0.357. The summed E-state index contributed by atoms with van der Waals surface area (Å²) < 4.78 is 4.92. The lowest BCUT2D eigenvalue weighted by atomic mass is 10.00. The lowest BCUT2D eigenvalue weighted by molar-refractivity contribution is -0.137. The van der Waals surface area contributed by atoms with Crippen LogP contribution in [0.2, 0.25) is 0 Å². The highest BCUT2D eigenvalue weighted by Gasteiger charge is 2.25. The zero-order valence-electron chi connectivity index (χ0n) is 21.8. The van der Waals surface area contributed by atoms with Gasteiger partial charge in [-0.3, -0.25) is 4.79 Å². The second-order valence-corrected chi connectivity index (χ2v) is 8.77. The molecule has 1 aliphatic rings. The second kappa shape index (κ2) is 14.4. The van der Waals surface area contributed by atoms with Crippen LogP contribution in [-0.2, 0) is 14.3 Å². The van der Waals surface area contributed by atoms with Crippen molar-refractivity contribution in [2.75, 3.05) is 31.6 Å². The van der Waals surface area contributed by atoms with Gasteiger partial charge >= 0.3 is 5.97 Å². The van der Waals surface area contributed by atoms with Crippen molar-refractivity contribution in [3.63, 3.8) is 0 Å². The Hall–Kier alpha value is -4.34. The molecule has 10 heteroatoms. The summed E-state index contributed by atoms with van der Waals surface area (Å²) in [4.78, 5) is 37.2. The van der Waals surface area contributed by atoms with Crippen LogP contribution in [0.25, 0.3) is 23.3 Å². The normalized spacial score (nSPS) is 14.9. The topological polar surface area (TPSA) is 139 Å². The number of benzene rings is 2. The van der Waals surface area contributed by atoms with Gasteiger partial charge in [-0.1, -0.05) is 53.7 Å². The smallest absolute Gasteiger partial charge is 0.330 e. The standard InChI is InChI=1S/C28H34N6O4/c1-3-15-34(16-5-14-30-37)28(36)24-17-23-12-11-22(18-25(23)31-26(19-24)32-33-29)21-9-6-20(7-10-21)8-13-27(35)38-4-2/h6-13,17-18,26,31H,3-5,14-16,19H2,1-2H3,(H2,29,32)/b13-8+. The molecule has 1 amide bonds. The van der Waals surface area contributed by atoms with Gasteiger partial charge in [-0.25, -0.2) is 4.79 Å². The Morgan fingerprint density at radius 2 is 1.89 bits per heavy atom. The summed E-state index contributed by atoms with van der Waals surface area (Å²) in [6.07, 6.45) is 6.12. The molecule has 1 aliphatic heterocycles. The van der Waals surface area contributed by atoms with E-state index in [0.29, 0.717) is 38.1 Å². The van der Waals surface area contributed by atoms with Crippen molar-refractivity contribution in [2.45, 2.75) is 39.3 Å². The van der Waals surface area contributed by atoms with Gasteiger partial charge < -0.3 is 20.8 Å². The minimum Gasteiger partial charge on any atom is -0.463 e. The average Bonchev–Trinajstić information content (AvgIpc) is 3.10. The van der Waals surface area contributed by atoms with Gasteiger partial charge in [0.1, 0.15) is 6.17 Å². The average molecular weight is 519 g/mol. The summed E-state index contributed by atoms with van der Waals surface area (Å²) >= 11 is 0. The predicted octanol–water partition coefficient (Wildman–Crippen LogP) is 5.18. The van der Waals surface area contributed by atoms with E-state index in [1.165, 1.54) is 6.08 Å². The molecular formula is C28H34N6O4. The van der Waals surface area contributed by atoms with E-state index >= 15 is 0 Å². The molecule has 0 radical (unpaired) electrons.